The molecule has 26 heavy (non-hydrogen) atoms. The van der Waals surface area contributed by atoms with Gasteiger partial charge in [0.2, 0.25) is 0 Å². The van der Waals surface area contributed by atoms with E-state index >= 15 is 0 Å². The molecular formula is C18H20N6O2. The molecule has 1 saturated heterocycles. The van der Waals surface area contributed by atoms with Gasteiger partial charge in [-0.05, 0) is 31.8 Å². The fourth-order valence-electron chi connectivity index (χ4n) is 3.37. The molecule has 0 aromatic carbocycles. The molecule has 8 heteroatoms. The van der Waals surface area contributed by atoms with Crippen LogP contribution in [-0.4, -0.2) is 48.9 Å². The van der Waals surface area contributed by atoms with Crippen LogP contribution in [0.25, 0.3) is 11.7 Å². The number of nitrogens with zero attached hydrogens (tertiary/aromatic N) is 5. The number of nitrogens with one attached hydrogen (secondary N) is 1. The maximum absolute atomic E-state index is 9.89. The van der Waals surface area contributed by atoms with Crippen LogP contribution in [0, 0.1) is 0 Å². The summed E-state index contributed by atoms with van der Waals surface area (Å²) in [4.78, 5) is 14.4. The third-order valence-corrected chi connectivity index (χ3v) is 4.88. The Balaban J connectivity index is 1.72. The van der Waals surface area contributed by atoms with Gasteiger partial charge in [-0.2, -0.15) is 9.61 Å². The molecule has 0 radical (unpaired) electrons. The molecule has 8 nitrogen and oxygen atoms in total. The van der Waals surface area contributed by atoms with Gasteiger partial charge < -0.3 is 15.1 Å². The highest BCUT2D eigenvalue weighted by Gasteiger charge is 2.21. The van der Waals surface area contributed by atoms with E-state index in [-0.39, 0.29) is 11.8 Å². The van der Waals surface area contributed by atoms with E-state index in [4.69, 9.17) is 9.98 Å². The number of rotatable bonds is 3. The molecular weight excluding hydrogens is 332 g/mol. The Morgan fingerprint density at radius 1 is 1.19 bits per heavy atom. The van der Waals surface area contributed by atoms with E-state index in [1.807, 2.05) is 6.07 Å². The number of aromatic hydroxyl groups is 2. The van der Waals surface area contributed by atoms with Crippen molar-refractivity contribution < 1.29 is 10.2 Å². The Morgan fingerprint density at radius 2 is 2.00 bits per heavy atom. The summed E-state index contributed by atoms with van der Waals surface area (Å²) in [6, 6.07) is 3.88. The van der Waals surface area contributed by atoms with Gasteiger partial charge in [0.05, 0.1) is 12.2 Å². The Morgan fingerprint density at radius 3 is 2.69 bits per heavy atom. The zero-order valence-electron chi connectivity index (χ0n) is 14.3. The first-order chi connectivity index (χ1) is 12.7. The van der Waals surface area contributed by atoms with E-state index < -0.39 is 0 Å². The highest BCUT2D eigenvalue weighted by molar-refractivity contribution is 5.62. The van der Waals surface area contributed by atoms with Crippen LogP contribution >= 0.6 is 0 Å². The number of H-pyrrole nitrogens is 1. The van der Waals surface area contributed by atoms with Crippen molar-refractivity contribution in [3.05, 3.63) is 34.6 Å². The van der Waals surface area contributed by atoms with Gasteiger partial charge in [-0.25, -0.2) is 4.98 Å². The molecule has 0 atom stereocenters. The third-order valence-electron chi connectivity index (χ3n) is 4.88. The van der Waals surface area contributed by atoms with Crippen LogP contribution in [0.5, 0.6) is 11.8 Å². The summed E-state index contributed by atoms with van der Waals surface area (Å²) in [7, 11) is 0. The topological polar surface area (TPSA) is 102 Å². The second kappa shape index (κ2) is 5.76. The molecule has 0 bridgehead atoms. The van der Waals surface area contributed by atoms with Gasteiger partial charge >= 0.3 is 0 Å². The number of aromatic amines is 1. The number of fused-ring (bicyclic) bond motifs is 1. The standard InChI is InChI=1S/C18H20N6O2/c25-16-8-11(18(26)22-16)7-12-10-19-24-15(20-13-3-4-13)9-14(21-17(12)24)23-5-1-2-6-23/h7-10,13,22,25-26H,1-6H2. The summed E-state index contributed by atoms with van der Waals surface area (Å²) in [6.07, 6.45) is 8.08. The smallest absolute Gasteiger partial charge is 0.198 e. The monoisotopic (exact) mass is 352 g/mol. The van der Waals surface area contributed by atoms with Crippen molar-refractivity contribution in [3.63, 3.8) is 0 Å². The van der Waals surface area contributed by atoms with Gasteiger partial charge in [0.15, 0.2) is 22.9 Å². The van der Waals surface area contributed by atoms with E-state index in [9.17, 15) is 10.2 Å². The lowest BCUT2D eigenvalue weighted by atomic mass is 10.2. The molecule has 3 N–H and O–H groups in total. The Labute approximate surface area is 149 Å². The van der Waals surface area contributed by atoms with Crippen molar-refractivity contribution in [2.75, 3.05) is 18.0 Å². The first-order valence-corrected chi connectivity index (χ1v) is 8.97. The van der Waals surface area contributed by atoms with Crippen LogP contribution in [0.15, 0.2) is 23.3 Å². The van der Waals surface area contributed by atoms with Crippen molar-refractivity contribution in [1.29, 1.82) is 0 Å². The third kappa shape index (κ3) is 2.67. The molecule has 134 valence electrons. The van der Waals surface area contributed by atoms with E-state index in [0.717, 1.165) is 42.5 Å². The highest BCUT2D eigenvalue weighted by atomic mass is 16.3. The second-order valence-corrected chi connectivity index (χ2v) is 6.97. The molecule has 4 heterocycles. The highest BCUT2D eigenvalue weighted by Crippen LogP contribution is 2.23. The fourth-order valence-corrected chi connectivity index (χ4v) is 3.37. The molecule has 1 aliphatic carbocycles. The van der Waals surface area contributed by atoms with E-state index in [0.29, 0.717) is 17.3 Å². The number of aromatic nitrogens is 4. The van der Waals surface area contributed by atoms with Gasteiger partial charge in [0.1, 0.15) is 5.82 Å². The maximum atomic E-state index is 9.89. The molecule has 0 amide bonds. The molecule has 1 aliphatic heterocycles. The molecule has 2 aliphatic rings. The summed E-state index contributed by atoms with van der Waals surface area (Å²) < 4.78 is 1.76. The Bertz CT molecular complexity index is 1090. The lowest BCUT2D eigenvalue weighted by Gasteiger charge is -2.16. The lowest BCUT2D eigenvalue weighted by molar-refractivity contribution is 0.425. The predicted octanol–water partition coefficient (Wildman–Crippen LogP) is 0.680. The summed E-state index contributed by atoms with van der Waals surface area (Å²) >= 11 is 0. The van der Waals surface area contributed by atoms with E-state index in [1.54, 1.807) is 16.8 Å². The molecule has 3 aromatic heterocycles. The largest absolute Gasteiger partial charge is 0.494 e. The van der Waals surface area contributed by atoms with E-state index in [1.165, 1.54) is 18.9 Å². The number of hydrogen-bond acceptors (Lipinski definition) is 6. The minimum atomic E-state index is -0.0830. The summed E-state index contributed by atoms with van der Waals surface area (Å²) in [5.41, 5.74) is 2.01. The van der Waals surface area contributed by atoms with Crippen molar-refractivity contribution in [3.8, 4) is 11.8 Å². The minimum absolute atomic E-state index is 0.0829. The predicted molar refractivity (Wildman–Crippen MR) is 95.9 cm³/mol. The molecule has 5 rings (SSSR count). The first-order valence-electron chi connectivity index (χ1n) is 8.97. The summed E-state index contributed by atoms with van der Waals surface area (Å²) in [6.45, 7) is 2.01. The van der Waals surface area contributed by atoms with Crippen LogP contribution in [0.4, 0.5) is 5.82 Å². The van der Waals surface area contributed by atoms with Crippen molar-refractivity contribution in [2.45, 2.75) is 31.7 Å². The molecule has 0 spiro atoms. The number of anilines is 1. The van der Waals surface area contributed by atoms with Crippen LogP contribution in [-0.2, 0) is 0 Å². The van der Waals surface area contributed by atoms with E-state index in [2.05, 4.69) is 15.0 Å². The van der Waals surface area contributed by atoms with Crippen molar-refractivity contribution >= 4 is 17.5 Å². The van der Waals surface area contributed by atoms with Crippen LogP contribution in [0.2, 0.25) is 0 Å². The van der Waals surface area contributed by atoms with Crippen molar-refractivity contribution in [2.24, 2.45) is 4.99 Å². The molecule has 1 saturated carbocycles. The minimum Gasteiger partial charge on any atom is -0.494 e. The maximum Gasteiger partial charge on any atom is 0.198 e. The average Bonchev–Trinajstić information content (AvgIpc) is 3.01. The van der Waals surface area contributed by atoms with Gasteiger partial charge in [-0.15, -0.1) is 0 Å². The van der Waals surface area contributed by atoms with Gasteiger partial charge in [-0.1, -0.05) is 0 Å². The first kappa shape index (κ1) is 15.2. The normalized spacial score (nSPS) is 19.2. The quantitative estimate of drug-likeness (QED) is 0.643. The molecule has 3 aromatic rings. The van der Waals surface area contributed by atoms with Gasteiger partial charge in [-0.3, -0.25) is 9.98 Å². The van der Waals surface area contributed by atoms with Crippen LogP contribution in [0.1, 0.15) is 31.2 Å². The van der Waals surface area contributed by atoms with Crippen LogP contribution in [0.3, 0.4) is 0 Å². The van der Waals surface area contributed by atoms with Crippen molar-refractivity contribution in [1.82, 2.24) is 19.6 Å². The zero-order valence-corrected chi connectivity index (χ0v) is 14.3. The molecule has 2 fully saturated rings. The fraction of sp³-hybridized carbons (Fsp3) is 0.389. The Hall–Kier alpha value is -3.03. The Kier molecular flexibility index (Phi) is 3.37. The average molecular weight is 352 g/mol. The summed E-state index contributed by atoms with van der Waals surface area (Å²) in [5.74, 6) is 0.756. The molecule has 0 unspecified atom stereocenters. The number of hydrogen-bond donors (Lipinski definition) is 3. The SMILES string of the molecule is Oc1cc(C=c2cnn3c(=NC4CC4)cc(N4CCCC4)nc23)c(O)[nH]1. The van der Waals surface area contributed by atoms with Crippen LogP contribution < -0.4 is 15.6 Å². The lowest BCUT2D eigenvalue weighted by Crippen LogP contribution is -2.25. The zero-order chi connectivity index (χ0) is 17.7. The second-order valence-electron chi connectivity index (χ2n) is 6.97. The van der Waals surface area contributed by atoms with Gasteiger partial charge in [0, 0.05) is 36.0 Å². The van der Waals surface area contributed by atoms with Gasteiger partial charge in [0.25, 0.3) is 0 Å². The summed E-state index contributed by atoms with van der Waals surface area (Å²) in [5, 5.41) is 24.6.